The Labute approximate surface area is 334 Å². The van der Waals surface area contributed by atoms with Gasteiger partial charge in [-0.05, 0) is 70.8 Å². The van der Waals surface area contributed by atoms with Gasteiger partial charge in [-0.15, -0.1) is 0 Å². The second-order valence-corrected chi connectivity index (χ2v) is 14.4. The molecule has 6 aromatic carbocycles. The molecule has 5 heterocycles. The molecular formula is C52H32N6. The molecular weight excluding hydrogens is 709 g/mol. The summed E-state index contributed by atoms with van der Waals surface area (Å²) in [5, 5.41) is 4.30. The van der Waals surface area contributed by atoms with Gasteiger partial charge in [-0.1, -0.05) is 133 Å². The van der Waals surface area contributed by atoms with Crippen LogP contribution in [0, 0.1) is 0 Å². The van der Waals surface area contributed by atoms with E-state index >= 15 is 0 Å². The first-order valence-corrected chi connectivity index (χ1v) is 19.3. The zero-order valence-corrected chi connectivity index (χ0v) is 31.2. The SMILES string of the molecule is c1ccc(-c2cc(-c3ccc4ccc(-c5ccc6ccc(-c7ccc(-c8cc9cccnc9c9ncccc89)cc7)nc6c5)cc4n3)nc(-c3ccccc3)n2)cc1. The highest BCUT2D eigenvalue weighted by Gasteiger charge is 2.14. The first kappa shape index (κ1) is 33.4. The summed E-state index contributed by atoms with van der Waals surface area (Å²) in [6.45, 7) is 0. The highest BCUT2D eigenvalue weighted by atomic mass is 14.9. The van der Waals surface area contributed by atoms with Gasteiger partial charge in [0.25, 0.3) is 0 Å². The molecule has 0 radical (unpaired) electrons. The molecule has 0 atom stereocenters. The topological polar surface area (TPSA) is 77.3 Å². The zero-order chi connectivity index (χ0) is 38.4. The van der Waals surface area contributed by atoms with Crippen LogP contribution in [0.15, 0.2) is 194 Å². The van der Waals surface area contributed by atoms with Crippen molar-refractivity contribution in [3.8, 4) is 67.5 Å². The van der Waals surface area contributed by atoms with E-state index in [1.54, 1.807) is 0 Å². The molecule has 6 nitrogen and oxygen atoms in total. The molecule has 0 aliphatic rings. The van der Waals surface area contributed by atoms with Crippen LogP contribution in [0.5, 0.6) is 0 Å². The maximum absolute atomic E-state index is 5.17. The van der Waals surface area contributed by atoms with Crippen molar-refractivity contribution in [2.75, 3.05) is 0 Å². The van der Waals surface area contributed by atoms with Crippen LogP contribution in [0.2, 0.25) is 0 Å². The maximum atomic E-state index is 5.17. The Balaban J connectivity index is 0.930. The van der Waals surface area contributed by atoms with Gasteiger partial charge < -0.3 is 0 Å². The van der Waals surface area contributed by atoms with E-state index in [-0.39, 0.29) is 0 Å². The average molecular weight is 741 g/mol. The lowest BCUT2D eigenvalue weighted by Crippen LogP contribution is -1.97. The van der Waals surface area contributed by atoms with Crippen LogP contribution in [0.25, 0.3) is 111 Å². The first-order chi connectivity index (χ1) is 28.7. The van der Waals surface area contributed by atoms with Crippen molar-refractivity contribution in [3.63, 3.8) is 0 Å². The normalized spacial score (nSPS) is 11.4. The predicted molar refractivity (Wildman–Crippen MR) is 236 cm³/mol. The van der Waals surface area contributed by atoms with Gasteiger partial charge >= 0.3 is 0 Å². The summed E-state index contributed by atoms with van der Waals surface area (Å²) < 4.78 is 0. The number of rotatable bonds is 6. The minimum atomic E-state index is 0.667. The molecule has 5 aromatic heterocycles. The number of pyridine rings is 4. The van der Waals surface area contributed by atoms with Gasteiger partial charge in [-0.3, -0.25) is 9.97 Å². The van der Waals surface area contributed by atoms with E-state index in [1.165, 1.54) is 0 Å². The van der Waals surface area contributed by atoms with Crippen LogP contribution >= 0.6 is 0 Å². The van der Waals surface area contributed by atoms with Gasteiger partial charge in [-0.2, -0.15) is 0 Å². The molecule has 11 aromatic rings. The Morgan fingerprint density at radius 2 is 0.845 bits per heavy atom. The van der Waals surface area contributed by atoms with Crippen LogP contribution in [0.3, 0.4) is 0 Å². The van der Waals surface area contributed by atoms with Crippen molar-refractivity contribution in [1.82, 2.24) is 29.9 Å². The molecule has 270 valence electrons. The van der Waals surface area contributed by atoms with Gasteiger partial charge in [0, 0.05) is 50.6 Å². The molecule has 58 heavy (non-hydrogen) atoms. The fraction of sp³-hybridized carbons (Fsp3) is 0. The molecule has 11 rings (SSSR count). The Morgan fingerprint density at radius 1 is 0.293 bits per heavy atom. The number of benzene rings is 6. The van der Waals surface area contributed by atoms with Crippen molar-refractivity contribution in [2.45, 2.75) is 0 Å². The molecule has 0 fully saturated rings. The maximum Gasteiger partial charge on any atom is 0.160 e. The van der Waals surface area contributed by atoms with E-state index in [9.17, 15) is 0 Å². The summed E-state index contributed by atoms with van der Waals surface area (Å²) in [6, 6.07) is 62.7. The summed E-state index contributed by atoms with van der Waals surface area (Å²) >= 11 is 0. The van der Waals surface area contributed by atoms with Crippen molar-refractivity contribution < 1.29 is 0 Å². The highest BCUT2D eigenvalue weighted by molar-refractivity contribution is 6.10. The van der Waals surface area contributed by atoms with E-state index in [4.69, 9.17) is 24.9 Å². The molecule has 0 unspecified atom stereocenters. The second kappa shape index (κ2) is 14.0. The molecule has 0 aliphatic heterocycles. The van der Waals surface area contributed by atoms with Gasteiger partial charge in [0.2, 0.25) is 0 Å². The van der Waals surface area contributed by atoms with Crippen molar-refractivity contribution >= 4 is 43.6 Å². The largest absolute Gasteiger partial charge is 0.254 e. The Hall–Kier alpha value is -7.96. The van der Waals surface area contributed by atoms with Gasteiger partial charge in [-0.25, -0.2) is 19.9 Å². The minimum absolute atomic E-state index is 0.667. The monoisotopic (exact) mass is 740 g/mol. The summed E-state index contributed by atoms with van der Waals surface area (Å²) in [5.41, 5.74) is 14.4. The minimum Gasteiger partial charge on any atom is -0.254 e. The molecule has 6 heteroatoms. The average Bonchev–Trinajstić information content (AvgIpc) is 3.31. The number of aromatic nitrogens is 6. The zero-order valence-electron chi connectivity index (χ0n) is 31.2. The molecule has 0 saturated carbocycles. The third kappa shape index (κ3) is 6.10. The lowest BCUT2D eigenvalue weighted by atomic mass is 9.96. The Morgan fingerprint density at radius 3 is 1.57 bits per heavy atom. The second-order valence-electron chi connectivity index (χ2n) is 14.4. The van der Waals surface area contributed by atoms with E-state index in [1.807, 2.05) is 85.2 Å². The van der Waals surface area contributed by atoms with Crippen LogP contribution in [-0.4, -0.2) is 29.9 Å². The van der Waals surface area contributed by atoms with Crippen LogP contribution in [-0.2, 0) is 0 Å². The van der Waals surface area contributed by atoms with Crippen molar-refractivity contribution in [3.05, 3.63) is 194 Å². The lowest BCUT2D eigenvalue weighted by Gasteiger charge is -2.11. The summed E-state index contributed by atoms with van der Waals surface area (Å²) in [5.74, 6) is 0.667. The third-order valence-corrected chi connectivity index (χ3v) is 10.8. The summed E-state index contributed by atoms with van der Waals surface area (Å²) in [7, 11) is 0. The molecule has 0 bridgehead atoms. The molecule has 0 spiro atoms. The number of nitrogens with zero attached hydrogens (tertiary/aromatic N) is 6. The van der Waals surface area contributed by atoms with Crippen LogP contribution < -0.4 is 0 Å². The predicted octanol–water partition coefficient (Wildman–Crippen LogP) is 12.7. The molecule has 0 N–H and O–H groups in total. The Kier molecular flexibility index (Phi) is 8.04. The van der Waals surface area contributed by atoms with E-state index in [2.05, 4.69) is 114 Å². The Bertz CT molecular complexity index is 3270. The standard InChI is InChI=1S/C52H32N6/c1-3-9-34(10-4-1)48-32-49(58-52(57-48)38-11-5-2-6-12-38)45-26-24-37-20-22-40(31-47(37)56-45)39-21-19-36-23-25-44(55-46(36)30-39)35-17-15-33(16-18-35)43-29-41-13-7-27-53-50(41)51-42(43)14-8-28-54-51/h1-32H. The fourth-order valence-corrected chi connectivity index (χ4v) is 7.78. The van der Waals surface area contributed by atoms with Crippen LogP contribution in [0.1, 0.15) is 0 Å². The van der Waals surface area contributed by atoms with Gasteiger partial charge in [0.05, 0.1) is 44.8 Å². The number of hydrogen-bond acceptors (Lipinski definition) is 6. The smallest absolute Gasteiger partial charge is 0.160 e. The number of fused-ring (bicyclic) bond motifs is 5. The third-order valence-electron chi connectivity index (χ3n) is 10.8. The van der Waals surface area contributed by atoms with Gasteiger partial charge in [0.1, 0.15) is 0 Å². The van der Waals surface area contributed by atoms with E-state index < -0.39 is 0 Å². The lowest BCUT2D eigenvalue weighted by molar-refractivity contribution is 1.17. The van der Waals surface area contributed by atoms with Crippen molar-refractivity contribution in [2.24, 2.45) is 0 Å². The fourth-order valence-electron chi connectivity index (χ4n) is 7.78. The highest BCUT2D eigenvalue weighted by Crippen LogP contribution is 2.35. The summed E-state index contributed by atoms with van der Waals surface area (Å²) in [4.78, 5) is 29.6. The molecule has 0 aliphatic carbocycles. The quantitative estimate of drug-likeness (QED) is 0.158. The van der Waals surface area contributed by atoms with E-state index in [0.29, 0.717) is 5.82 Å². The first-order valence-electron chi connectivity index (χ1n) is 19.3. The van der Waals surface area contributed by atoms with Gasteiger partial charge in [0.15, 0.2) is 5.82 Å². The number of hydrogen-bond donors (Lipinski definition) is 0. The summed E-state index contributed by atoms with van der Waals surface area (Å²) in [6.07, 6.45) is 3.65. The van der Waals surface area contributed by atoms with Crippen LogP contribution in [0.4, 0.5) is 0 Å². The van der Waals surface area contributed by atoms with Crippen molar-refractivity contribution in [1.29, 1.82) is 0 Å². The molecule has 0 amide bonds. The van der Waals surface area contributed by atoms with E-state index in [0.717, 1.165) is 105 Å². The molecule has 0 saturated heterocycles.